The molecule has 1 aromatic carbocycles. The molecule has 3 heterocycles. The molecule has 1 unspecified atom stereocenters. The molecule has 3 aromatic rings. The quantitative estimate of drug-likeness (QED) is 0.602. The van der Waals surface area contributed by atoms with Crippen LogP contribution in [-0.2, 0) is 0 Å². The fourth-order valence-electron chi connectivity index (χ4n) is 3.34. The molecule has 0 spiro atoms. The van der Waals surface area contributed by atoms with Crippen molar-refractivity contribution in [1.82, 2.24) is 5.01 Å². The van der Waals surface area contributed by atoms with E-state index in [0.717, 1.165) is 16.2 Å². The van der Waals surface area contributed by atoms with E-state index in [0.29, 0.717) is 23.7 Å². The Morgan fingerprint density at radius 3 is 2.45 bits per heavy atom. The number of hydrogen-bond acceptors (Lipinski definition) is 7. The van der Waals surface area contributed by atoms with Crippen molar-refractivity contribution in [3.63, 3.8) is 0 Å². The largest absolute Gasteiger partial charge is 0.493 e. The molecule has 1 aliphatic rings. The molecule has 1 amide bonds. The normalized spacial score (nSPS) is 15.9. The van der Waals surface area contributed by atoms with Gasteiger partial charge in [0.15, 0.2) is 17.3 Å². The van der Waals surface area contributed by atoms with E-state index in [2.05, 4.69) is 5.10 Å². The number of benzene rings is 1. The molecule has 0 N–H and O–H groups in total. The maximum Gasteiger partial charge on any atom is 0.310 e. The zero-order valence-corrected chi connectivity index (χ0v) is 17.1. The molecule has 0 saturated heterocycles. The van der Waals surface area contributed by atoms with Crippen molar-refractivity contribution in [3.8, 4) is 17.2 Å². The Kier molecular flexibility index (Phi) is 5.26. The van der Waals surface area contributed by atoms with Gasteiger partial charge < -0.3 is 18.6 Å². The molecule has 0 bridgehead atoms. The lowest BCUT2D eigenvalue weighted by atomic mass is 10.0. The molecule has 0 radical (unpaired) electrons. The van der Waals surface area contributed by atoms with Crippen molar-refractivity contribution >= 4 is 23.0 Å². The number of furan rings is 1. The third-order valence-electron chi connectivity index (χ3n) is 4.72. The molecular formula is C21H20N2O5S. The van der Waals surface area contributed by atoms with E-state index in [9.17, 15) is 4.79 Å². The van der Waals surface area contributed by atoms with Gasteiger partial charge in [-0.3, -0.25) is 4.79 Å². The number of rotatable bonds is 6. The van der Waals surface area contributed by atoms with Gasteiger partial charge >= 0.3 is 5.91 Å². The van der Waals surface area contributed by atoms with Crippen molar-refractivity contribution in [2.75, 3.05) is 21.3 Å². The van der Waals surface area contributed by atoms with Crippen LogP contribution in [0.2, 0.25) is 0 Å². The highest BCUT2D eigenvalue weighted by Gasteiger charge is 2.35. The van der Waals surface area contributed by atoms with Gasteiger partial charge in [0.05, 0.1) is 39.3 Å². The van der Waals surface area contributed by atoms with E-state index in [-0.39, 0.29) is 17.7 Å². The van der Waals surface area contributed by atoms with Crippen molar-refractivity contribution < 1.29 is 23.4 Å². The summed E-state index contributed by atoms with van der Waals surface area (Å²) in [6.45, 7) is 0. The lowest BCUT2D eigenvalue weighted by Gasteiger charge is -2.19. The van der Waals surface area contributed by atoms with Crippen LogP contribution in [0.15, 0.2) is 57.6 Å². The highest BCUT2D eigenvalue weighted by Crippen LogP contribution is 2.41. The van der Waals surface area contributed by atoms with Gasteiger partial charge in [0.25, 0.3) is 0 Å². The summed E-state index contributed by atoms with van der Waals surface area (Å²) in [5.41, 5.74) is 1.55. The first-order chi connectivity index (χ1) is 14.2. The van der Waals surface area contributed by atoms with Crippen LogP contribution in [-0.4, -0.2) is 38.0 Å². The van der Waals surface area contributed by atoms with Gasteiger partial charge in [-0.05, 0) is 35.7 Å². The number of ether oxygens (including phenoxy) is 3. The van der Waals surface area contributed by atoms with Crippen molar-refractivity contribution in [2.45, 2.75) is 12.5 Å². The number of thiophene rings is 1. The molecule has 1 atom stereocenters. The van der Waals surface area contributed by atoms with Crippen LogP contribution in [0.4, 0.5) is 0 Å². The van der Waals surface area contributed by atoms with Crippen LogP contribution in [0, 0.1) is 0 Å². The predicted octanol–water partition coefficient (Wildman–Crippen LogP) is 4.36. The number of nitrogens with zero attached hydrogens (tertiary/aromatic N) is 2. The van der Waals surface area contributed by atoms with Gasteiger partial charge in [-0.1, -0.05) is 6.07 Å². The first kappa shape index (κ1) is 19.1. The van der Waals surface area contributed by atoms with Gasteiger partial charge in [-0.15, -0.1) is 11.3 Å². The third kappa shape index (κ3) is 3.47. The zero-order chi connectivity index (χ0) is 20.4. The summed E-state index contributed by atoms with van der Waals surface area (Å²) < 4.78 is 21.6. The highest BCUT2D eigenvalue weighted by molar-refractivity contribution is 7.10. The Labute approximate surface area is 172 Å². The summed E-state index contributed by atoms with van der Waals surface area (Å²) in [7, 11) is 4.70. The highest BCUT2D eigenvalue weighted by atomic mass is 32.1. The van der Waals surface area contributed by atoms with Crippen LogP contribution in [0.25, 0.3) is 0 Å². The number of methoxy groups -OCH3 is 3. The maximum atomic E-state index is 13.0. The van der Waals surface area contributed by atoms with Gasteiger partial charge in [0.1, 0.15) is 0 Å². The number of hydrazone groups is 1. The second-order valence-electron chi connectivity index (χ2n) is 6.32. The Balaban J connectivity index is 1.76. The predicted molar refractivity (Wildman–Crippen MR) is 109 cm³/mol. The summed E-state index contributed by atoms with van der Waals surface area (Å²) in [5, 5.41) is 8.13. The molecule has 1 aliphatic heterocycles. The second kappa shape index (κ2) is 8.00. The van der Waals surface area contributed by atoms with Crippen molar-refractivity contribution in [1.29, 1.82) is 0 Å². The van der Waals surface area contributed by atoms with Crippen LogP contribution in [0.3, 0.4) is 0 Å². The topological polar surface area (TPSA) is 73.5 Å². The van der Waals surface area contributed by atoms with Gasteiger partial charge in [0.2, 0.25) is 5.75 Å². The molecule has 150 valence electrons. The lowest BCUT2D eigenvalue weighted by Crippen LogP contribution is -2.26. The molecular weight excluding hydrogens is 392 g/mol. The molecule has 7 nitrogen and oxygen atoms in total. The summed E-state index contributed by atoms with van der Waals surface area (Å²) in [6.07, 6.45) is 2.04. The number of hydrogen-bond donors (Lipinski definition) is 0. The van der Waals surface area contributed by atoms with Gasteiger partial charge in [-0.25, -0.2) is 5.01 Å². The third-order valence-corrected chi connectivity index (χ3v) is 5.69. The molecule has 4 rings (SSSR count). The second-order valence-corrected chi connectivity index (χ2v) is 7.30. The van der Waals surface area contributed by atoms with E-state index in [1.165, 1.54) is 11.3 Å². The molecule has 0 fully saturated rings. The van der Waals surface area contributed by atoms with Crippen LogP contribution in [0.5, 0.6) is 17.2 Å². The van der Waals surface area contributed by atoms with Gasteiger partial charge in [0, 0.05) is 16.9 Å². The average molecular weight is 412 g/mol. The minimum absolute atomic E-state index is 0.207. The molecule has 0 aliphatic carbocycles. The molecule has 2 aromatic heterocycles. The first-order valence-corrected chi connectivity index (χ1v) is 9.82. The summed E-state index contributed by atoms with van der Waals surface area (Å²) in [4.78, 5) is 14.0. The minimum Gasteiger partial charge on any atom is -0.493 e. The van der Waals surface area contributed by atoms with E-state index >= 15 is 0 Å². The Morgan fingerprint density at radius 1 is 1.14 bits per heavy atom. The fourth-order valence-corrected chi connectivity index (χ4v) is 4.15. The minimum atomic E-state index is -0.282. The van der Waals surface area contributed by atoms with E-state index in [1.54, 1.807) is 44.8 Å². The van der Waals surface area contributed by atoms with E-state index < -0.39 is 0 Å². The van der Waals surface area contributed by atoms with Crippen LogP contribution >= 0.6 is 11.3 Å². The summed E-state index contributed by atoms with van der Waals surface area (Å²) in [5.74, 6) is 1.55. The standard InChI is InChI=1S/C21H20N2O5S/c1-25-17-10-13(11-18(26-2)20(17)27-3)14-12-15(19-7-5-9-29-19)23(22-14)21(24)16-6-4-8-28-16/h4-11,15H,12H2,1-3H3. The zero-order valence-electron chi connectivity index (χ0n) is 16.2. The summed E-state index contributed by atoms with van der Waals surface area (Å²) >= 11 is 1.59. The Hall–Kier alpha value is -3.26. The molecule has 0 saturated carbocycles. The lowest BCUT2D eigenvalue weighted by molar-refractivity contribution is 0.0681. The fraction of sp³-hybridized carbons (Fsp3) is 0.238. The molecule has 8 heteroatoms. The smallest absolute Gasteiger partial charge is 0.310 e. The number of carbonyl (C=O) groups excluding carboxylic acids is 1. The first-order valence-electron chi connectivity index (χ1n) is 8.94. The number of amides is 1. The van der Waals surface area contributed by atoms with Crippen molar-refractivity contribution in [3.05, 3.63) is 64.2 Å². The van der Waals surface area contributed by atoms with Crippen LogP contribution < -0.4 is 14.2 Å². The monoisotopic (exact) mass is 412 g/mol. The Morgan fingerprint density at radius 2 is 1.90 bits per heavy atom. The van der Waals surface area contributed by atoms with Crippen molar-refractivity contribution in [2.24, 2.45) is 5.10 Å². The average Bonchev–Trinajstić information content (AvgIpc) is 3.52. The summed E-state index contributed by atoms with van der Waals surface area (Å²) in [6, 6.07) is 10.8. The number of carbonyl (C=O) groups is 1. The van der Waals surface area contributed by atoms with Crippen LogP contribution in [0.1, 0.15) is 33.5 Å². The Bertz CT molecular complexity index is 1000. The van der Waals surface area contributed by atoms with E-state index in [4.69, 9.17) is 18.6 Å². The van der Waals surface area contributed by atoms with E-state index in [1.807, 2.05) is 29.6 Å². The molecule has 29 heavy (non-hydrogen) atoms. The maximum absolute atomic E-state index is 13.0. The SMILES string of the molecule is COc1cc(C2=NN(C(=O)c3ccco3)C(c3cccs3)C2)cc(OC)c1OC. The van der Waals surface area contributed by atoms with Gasteiger partial charge in [-0.2, -0.15) is 5.10 Å².